The van der Waals surface area contributed by atoms with Gasteiger partial charge >= 0.3 is 6.18 Å². The average molecular weight is 758 g/mol. The first kappa shape index (κ1) is 35.1. The molecule has 0 fully saturated rings. The van der Waals surface area contributed by atoms with Gasteiger partial charge in [-0.25, -0.2) is 0 Å². The highest BCUT2D eigenvalue weighted by atomic mass is 19.4. The molecule has 10 aromatic rings. The van der Waals surface area contributed by atoms with Gasteiger partial charge in [0.05, 0.1) is 45.1 Å². The summed E-state index contributed by atoms with van der Waals surface area (Å²) in [4.78, 5) is 0. The van der Waals surface area contributed by atoms with Gasteiger partial charge < -0.3 is 9.13 Å². The molecule has 6 heteroatoms. The number of benzene rings is 8. The summed E-state index contributed by atoms with van der Waals surface area (Å²) >= 11 is 0. The van der Waals surface area contributed by atoms with Crippen LogP contribution in [-0.4, -0.2) is 9.13 Å². The normalized spacial score (nSPS) is 11.9. The average Bonchev–Trinajstić information content (AvgIpc) is 3.75. The van der Waals surface area contributed by atoms with Crippen LogP contribution >= 0.6 is 0 Å². The second kappa shape index (κ2) is 13.4. The van der Waals surface area contributed by atoms with Crippen LogP contribution in [0.25, 0.3) is 88.4 Å². The second-order valence-corrected chi connectivity index (χ2v) is 14.9. The molecule has 0 atom stereocenters. The molecule has 8 aromatic carbocycles. The lowest BCUT2D eigenvalue weighted by molar-refractivity contribution is -0.137. The number of para-hydroxylation sites is 2. The van der Waals surface area contributed by atoms with Crippen LogP contribution < -0.4 is 0 Å². The van der Waals surface area contributed by atoms with Gasteiger partial charge in [-0.3, -0.25) is 0 Å². The number of rotatable bonds is 5. The smallest absolute Gasteiger partial charge is 0.309 e. The lowest BCUT2D eigenvalue weighted by Gasteiger charge is -2.23. The summed E-state index contributed by atoms with van der Waals surface area (Å²) in [5, 5.41) is 13.3. The minimum absolute atomic E-state index is 0.000311. The van der Waals surface area contributed by atoms with Crippen molar-refractivity contribution in [2.24, 2.45) is 0 Å². The Kier molecular flexibility index (Phi) is 8.10. The van der Waals surface area contributed by atoms with E-state index in [9.17, 15) is 5.26 Å². The van der Waals surface area contributed by atoms with Crippen molar-refractivity contribution < 1.29 is 13.2 Å². The fraction of sp³-hybridized carbons (Fsp3) is 0.0577. The molecule has 278 valence electrons. The van der Waals surface area contributed by atoms with E-state index in [2.05, 4.69) is 56.3 Å². The molecule has 0 saturated carbocycles. The molecule has 0 saturated heterocycles. The predicted molar refractivity (Wildman–Crippen MR) is 231 cm³/mol. The van der Waals surface area contributed by atoms with Crippen molar-refractivity contribution in [2.45, 2.75) is 20.0 Å². The van der Waals surface area contributed by atoms with E-state index in [1.165, 1.54) is 0 Å². The molecule has 0 radical (unpaired) electrons. The number of fused-ring (bicyclic) bond motifs is 6. The molecule has 58 heavy (non-hydrogen) atoms. The maximum atomic E-state index is 16.3. The molecule has 0 aliphatic heterocycles. The van der Waals surface area contributed by atoms with E-state index in [4.69, 9.17) is 0 Å². The Morgan fingerprint density at radius 1 is 0.431 bits per heavy atom. The molecule has 3 nitrogen and oxygen atoms in total. The number of nitriles is 1. The fourth-order valence-corrected chi connectivity index (χ4v) is 8.78. The van der Waals surface area contributed by atoms with Crippen molar-refractivity contribution in [1.29, 1.82) is 5.26 Å². The van der Waals surface area contributed by atoms with E-state index in [0.717, 1.165) is 54.9 Å². The molecule has 0 aliphatic carbocycles. The molecule has 0 N–H and O–H groups in total. The Labute approximate surface area is 333 Å². The standard InChI is InChI=1S/C52H34F3N3/c1-32-12-3-5-16-39(32)36-22-24-47-43(27-36)41-18-7-9-20-45(41)57(47)49-29-38(35-15-11-14-34(26-35)31-56)30-50(51(49)52(53,54)55)58-46-21-10-8-19-42(46)44-28-37(23-25-48(44)58)40-17-6-4-13-33(40)2/h3-30H,1-2H3. The SMILES string of the molecule is Cc1ccccc1-c1ccc2c(c1)c1ccccc1n2-c1cc(-c2cccc(C#N)c2)cc(-n2c3ccccc3c3cc(-c4ccccc4C)ccc32)c1C(F)(F)F. The number of halogens is 3. The molecule has 0 unspecified atom stereocenters. The first-order valence-electron chi connectivity index (χ1n) is 19.1. The lowest BCUT2D eigenvalue weighted by Crippen LogP contribution is -2.16. The zero-order valence-corrected chi connectivity index (χ0v) is 31.6. The second-order valence-electron chi connectivity index (χ2n) is 14.9. The molecule has 10 rings (SSSR count). The Hall–Kier alpha value is -7.36. The minimum atomic E-state index is -4.78. The van der Waals surface area contributed by atoms with Crippen molar-refractivity contribution in [1.82, 2.24) is 9.13 Å². The van der Waals surface area contributed by atoms with Crippen LogP contribution in [0.3, 0.4) is 0 Å². The molecular weight excluding hydrogens is 724 g/mol. The highest BCUT2D eigenvalue weighted by Gasteiger charge is 2.39. The van der Waals surface area contributed by atoms with Crippen LogP contribution in [0.5, 0.6) is 0 Å². The zero-order chi connectivity index (χ0) is 39.7. The molecule has 0 amide bonds. The maximum absolute atomic E-state index is 16.3. The van der Waals surface area contributed by atoms with Gasteiger partial charge in [0.15, 0.2) is 0 Å². The summed E-state index contributed by atoms with van der Waals surface area (Å²) < 4.78 is 52.5. The van der Waals surface area contributed by atoms with Gasteiger partial charge in [-0.1, -0.05) is 109 Å². The molecule has 2 heterocycles. The van der Waals surface area contributed by atoms with Crippen molar-refractivity contribution in [3.05, 3.63) is 192 Å². The van der Waals surface area contributed by atoms with Crippen LogP contribution in [0.1, 0.15) is 22.3 Å². The molecule has 0 aliphatic rings. The van der Waals surface area contributed by atoms with E-state index in [1.807, 2.05) is 103 Å². The molecule has 2 aromatic heterocycles. The molecule has 0 spiro atoms. The number of aromatic nitrogens is 2. The van der Waals surface area contributed by atoms with E-state index in [-0.39, 0.29) is 11.4 Å². The van der Waals surface area contributed by atoms with Gasteiger partial charge in [0.2, 0.25) is 0 Å². The van der Waals surface area contributed by atoms with Gasteiger partial charge in [0.25, 0.3) is 0 Å². The fourth-order valence-electron chi connectivity index (χ4n) is 8.78. The summed E-state index contributed by atoms with van der Waals surface area (Å²) in [6.07, 6.45) is -4.78. The Bertz CT molecular complexity index is 3140. The van der Waals surface area contributed by atoms with E-state index < -0.39 is 11.7 Å². The Balaban J connectivity index is 1.34. The topological polar surface area (TPSA) is 33.6 Å². The summed E-state index contributed by atoms with van der Waals surface area (Å²) in [7, 11) is 0. The summed E-state index contributed by atoms with van der Waals surface area (Å²) in [6.45, 7) is 4.12. The van der Waals surface area contributed by atoms with Crippen molar-refractivity contribution >= 4 is 43.6 Å². The van der Waals surface area contributed by atoms with Crippen LogP contribution in [0, 0.1) is 25.2 Å². The van der Waals surface area contributed by atoms with E-state index >= 15 is 13.2 Å². The van der Waals surface area contributed by atoms with Crippen LogP contribution in [0.15, 0.2) is 170 Å². The highest BCUT2D eigenvalue weighted by molar-refractivity contribution is 6.12. The Morgan fingerprint density at radius 2 is 0.897 bits per heavy atom. The third kappa shape index (κ3) is 5.58. The Morgan fingerprint density at radius 3 is 1.38 bits per heavy atom. The maximum Gasteiger partial charge on any atom is 0.420 e. The highest BCUT2D eigenvalue weighted by Crippen LogP contribution is 2.47. The first-order chi connectivity index (χ1) is 28.2. The van der Waals surface area contributed by atoms with Gasteiger partial charge in [0.1, 0.15) is 5.56 Å². The third-order valence-corrected chi connectivity index (χ3v) is 11.4. The summed E-state index contributed by atoms with van der Waals surface area (Å²) in [5.41, 5.74) is 9.81. The number of hydrogen-bond donors (Lipinski definition) is 0. The van der Waals surface area contributed by atoms with Crippen LogP contribution in [-0.2, 0) is 6.18 Å². The van der Waals surface area contributed by atoms with Crippen LogP contribution in [0.2, 0.25) is 0 Å². The summed E-state index contributed by atoms with van der Waals surface area (Å²) in [5.74, 6) is 0. The van der Waals surface area contributed by atoms with Gasteiger partial charge in [-0.2, -0.15) is 18.4 Å². The number of aryl methyl sites for hydroxylation is 2. The quantitative estimate of drug-likeness (QED) is 0.172. The monoisotopic (exact) mass is 757 g/mol. The number of nitrogens with zero attached hydrogens (tertiary/aromatic N) is 3. The summed E-state index contributed by atoms with van der Waals surface area (Å²) in [6, 6.07) is 56.1. The van der Waals surface area contributed by atoms with E-state index in [0.29, 0.717) is 38.8 Å². The third-order valence-electron chi connectivity index (χ3n) is 11.4. The minimum Gasteiger partial charge on any atom is -0.309 e. The van der Waals surface area contributed by atoms with Crippen molar-refractivity contribution in [3.8, 4) is 50.8 Å². The van der Waals surface area contributed by atoms with Crippen molar-refractivity contribution in [2.75, 3.05) is 0 Å². The van der Waals surface area contributed by atoms with Gasteiger partial charge in [-0.15, -0.1) is 0 Å². The largest absolute Gasteiger partial charge is 0.420 e. The first-order valence-corrected chi connectivity index (χ1v) is 19.1. The predicted octanol–water partition coefficient (Wildman–Crippen LogP) is 14.4. The lowest BCUT2D eigenvalue weighted by atomic mass is 9.97. The van der Waals surface area contributed by atoms with Gasteiger partial charge in [-0.05, 0) is 119 Å². The zero-order valence-electron chi connectivity index (χ0n) is 31.6. The molecular formula is C52H34F3N3. The number of alkyl halides is 3. The van der Waals surface area contributed by atoms with Crippen molar-refractivity contribution in [3.63, 3.8) is 0 Å². The molecule has 0 bridgehead atoms. The number of hydrogen-bond acceptors (Lipinski definition) is 1. The van der Waals surface area contributed by atoms with E-state index in [1.54, 1.807) is 39.5 Å². The van der Waals surface area contributed by atoms with Gasteiger partial charge in [0, 0.05) is 21.5 Å². The van der Waals surface area contributed by atoms with Crippen LogP contribution in [0.4, 0.5) is 13.2 Å².